The molecule has 0 bridgehead atoms. The molecule has 0 unspecified atom stereocenters. The molecule has 4 heteroatoms. The number of amides is 1. The molecule has 1 saturated heterocycles. The molecule has 1 amide bonds. The minimum absolute atomic E-state index is 0.0222. The summed E-state index contributed by atoms with van der Waals surface area (Å²) >= 11 is 3.40. The van der Waals surface area contributed by atoms with Crippen molar-refractivity contribution >= 4 is 21.8 Å². The molecular weight excluding hydrogens is 328 g/mol. The third-order valence-electron chi connectivity index (χ3n) is 4.01. The first kappa shape index (κ1) is 14.3. The van der Waals surface area contributed by atoms with Crippen LogP contribution in [-0.2, 0) is 0 Å². The summed E-state index contributed by atoms with van der Waals surface area (Å²) < 4.78 is 0.764. The van der Waals surface area contributed by atoms with Gasteiger partial charge in [-0.05, 0) is 52.4 Å². The SMILES string of the molecule is O=C(c1ncccc1Br)N1CCC(c2ccccc2)CC1. The van der Waals surface area contributed by atoms with Gasteiger partial charge < -0.3 is 4.90 Å². The number of benzene rings is 1. The van der Waals surface area contributed by atoms with Crippen LogP contribution < -0.4 is 0 Å². The van der Waals surface area contributed by atoms with Gasteiger partial charge in [0.1, 0.15) is 5.69 Å². The van der Waals surface area contributed by atoms with Crippen LogP contribution in [0.3, 0.4) is 0 Å². The number of aromatic nitrogens is 1. The van der Waals surface area contributed by atoms with Crippen LogP contribution in [0.5, 0.6) is 0 Å². The highest BCUT2D eigenvalue weighted by Gasteiger charge is 2.25. The summed E-state index contributed by atoms with van der Waals surface area (Å²) in [6.45, 7) is 1.59. The van der Waals surface area contributed by atoms with Crippen molar-refractivity contribution in [3.63, 3.8) is 0 Å². The zero-order valence-electron chi connectivity index (χ0n) is 11.7. The Balaban J connectivity index is 1.66. The first-order valence-electron chi connectivity index (χ1n) is 7.20. The summed E-state index contributed by atoms with van der Waals surface area (Å²) in [5, 5.41) is 0. The number of halogens is 1. The summed E-state index contributed by atoms with van der Waals surface area (Å²) in [5.74, 6) is 0.580. The van der Waals surface area contributed by atoms with Crippen LogP contribution >= 0.6 is 15.9 Å². The molecule has 3 rings (SSSR count). The second kappa shape index (κ2) is 6.39. The topological polar surface area (TPSA) is 33.2 Å². The van der Waals surface area contributed by atoms with Gasteiger partial charge in [-0.2, -0.15) is 0 Å². The molecule has 21 heavy (non-hydrogen) atoms. The molecule has 1 fully saturated rings. The Labute approximate surface area is 133 Å². The standard InChI is InChI=1S/C17H17BrN2O/c18-15-7-4-10-19-16(15)17(21)20-11-8-14(9-12-20)13-5-2-1-3-6-13/h1-7,10,14H,8-9,11-12H2. The van der Waals surface area contributed by atoms with Gasteiger partial charge in [-0.3, -0.25) is 4.79 Å². The lowest BCUT2D eigenvalue weighted by molar-refractivity contribution is 0.0706. The molecule has 2 aromatic rings. The van der Waals surface area contributed by atoms with E-state index in [1.54, 1.807) is 6.20 Å². The van der Waals surface area contributed by atoms with Crippen LogP contribution in [0, 0.1) is 0 Å². The largest absolute Gasteiger partial charge is 0.337 e. The van der Waals surface area contributed by atoms with Gasteiger partial charge >= 0.3 is 0 Å². The molecule has 0 spiro atoms. The fourth-order valence-electron chi connectivity index (χ4n) is 2.83. The summed E-state index contributed by atoms with van der Waals surface area (Å²) in [6.07, 6.45) is 3.69. The van der Waals surface area contributed by atoms with Gasteiger partial charge in [0.15, 0.2) is 0 Å². The van der Waals surface area contributed by atoms with Gasteiger partial charge in [-0.15, -0.1) is 0 Å². The molecule has 2 heterocycles. The molecule has 0 atom stereocenters. The van der Waals surface area contributed by atoms with Crippen molar-refractivity contribution < 1.29 is 4.79 Å². The van der Waals surface area contributed by atoms with E-state index in [0.717, 1.165) is 30.4 Å². The summed E-state index contributed by atoms with van der Waals surface area (Å²) in [7, 11) is 0. The normalized spacial score (nSPS) is 16.0. The fraction of sp³-hybridized carbons (Fsp3) is 0.294. The number of hydrogen-bond acceptors (Lipinski definition) is 2. The van der Waals surface area contributed by atoms with Crippen molar-refractivity contribution in [2.75, 3.05) is 13.1 Å². The molecule has 1 aromatic heterocycles. The highest BCUT2D eigenvalue weighted by Crippen LogP contribution is 2.28. The van der Waals surface area contributed by atoms with Crippen LogP contribution in [-0.4, -0.2) is 28.9 Å². The van der Waals surface area contributed by atoms with Crippen LogP contribution in [0.1, 0.15) is 34.8 Å². The summed E-state index contributed by atoms with van der Waals surface area (Å²) in [4.78, 5) is 18.6. The minimum Gasteiger partial charge on any atom is -0.337 e. The Bertz CT molecular complexity index is 622. The molecule has 0 aliphatic carbocycles. The molecule has 108 valence electrons. The smallest absolute Gasteiger partial charge is 0.273 e. The van der Waals surface area contributed by atoms with E-state index in [0.29, 0.717) is 11.6 Å². The summed E-state index contributed by atoms with van der Waals surface area (Å²) in [6, 6.07) is 14.2. The Morgan fingerprint density at radius 2 is 1.81 bits per heavy atom. The third kappa shape index (κ3) is 3.16. The van der Waals surface area contributed by atoms with Crippen LogP contribution in [0.25, 0.3) is 0 Å². The Morgan fingerprint density at radius 1 is 1.10 bits per heavy atom. The number of pyridine rings is 1. The highest BCUT2D eigenvalue weighted by atomic mass is 79.9. The van der Waals surface area contributed by atoms with Gasteiger partial charge in [-0.1, -0.05) is 30.3 Å². The maximum absolute atomic E-state index is 12.5. The van der Waals surface area contributed by atoms with E-state index in [-0.39, 0.29) is 5.91 Å². The van der Waals surface area contributed by atoms with E-state index in [1.807, 2.05) is 23.1 Å². The molecule has 0 saturated carbocycles. The number of carbonyl (C=O) groups excluding carboxylic acids is 1. The lowest BCUT2D eigenvalue weighted by atomic mass is 9.89. The van der Waals surface area contributed by atoms with Crippen molar-refractivity contribution in [2.24, 2.45) is 0 Å². The lowest BCUT2D eigenvalue weighted by Crippen LogP contribution is -2.38. The maximum Gasteiger partial charge on any atom is 0.273 e. The second-order valence-electron chi connectivity index (χ2n) is 5.31. The molecule has 3 nitrogen and oxygen atoms in total. The van der Waals surface area contributed by atoms with Gasteiger partial charge in [0.05, 0.1) is 0 Å². The predicted octanol–water partition coefficient (Wildman–Crippen LogP) is 3.86. The van der Waals surface area contributed by atoms with Crippen molar-refractivity contribution in [3.8, 4) is 0 Å². The van der Waals surface area contributed by atoms with E-state index in [4.69, 9.17) is 0 Å². The van der Waals surface area contributed by atoms with E-state index in [9.17, 15) is 4.79 Å². The fourth-order valence-corrected chi connectivity index (χ4v) is 3.26. The average molecular weight is 345 g/mol. The molecule has 1 aromatic carbocycles. The number of hydrogen-bond donors (Lipinski definition) is 0. The Morgan fingerprint density at radius 3 is 2.48 bits per heavy atom. The third-order valence-corrected chi connectivity index (χ3v) is 4.65. The number of carbonyl (C=O) groups is 1. The van der Waals surface area contributed by atoms with Crippen molar-refractivity contribution in [2.45, 2.75) is 18.8 Å². The Kier molecular flexibility index (Phi) is 4.34. The lowest BCUT2D eigenvalue weighted by Gasteiger charge is -2.32. The van der Waals surface area contributed by atoms with Crippen LogP contribution in [0.15, 0.2) is 53.1 Å². The quantitative estimate of drug-likeness (QED) is 0.828. The van der Waals surface area contributed by atoms with Crippen molar-refractivity contribution in [1.29, 1.82) is 0 Å². The number of piperidine rings is 1. The van der Waals surface area contributed by atoms with E-state index < -0.39 is 0 Å². The van der Waals surface area contributed by atoms with E-state index >= 15 is 0 Å². The minimum atomic E-state index is 0.0222. The van der Waals surface area contributed by atoms with Crippen LogP contribution in [0.2, 0.25) is 0 Å². The van der Waals surface area contributed by atoms with Crippen LogP contribution in [0.4, 0.5) is 0 Å². The number of nitrogens with zero attached hydrogens (tertiary/aromatic N) is 2. The molecule has 1 aliphatic rings. The van der Waals surface area contributed by atoms with Gasteiger partial charge in [0.25, 0.3) is 5.91 Å². The molecule has 1 aliphatic heterocycles. The predicted molar refractivity (Wildman–Crippen MR) is 86.3 cm³/mol. The molecule has 0 radical (unpaired) electrons. The van der Waals surface area contributed by atoms with Gasteiger partial charge in [0, 0.05) is 23.8 Å². The molecule has 0 N–H and O–H groups in total. The number of likely N-dealkylation sites (tertiary alicyclic amines) is 1. The van der Waals surface area contributed by atoms with Crippen molar-refractivity contribution in [3.05, 3.63) is 64.4 Å². The first-order chi connectivity index (χ1) is 10.3. The zero-order valence-corrected chi connectivity index (χ0v) is 13.3. The summed E-state index contributed by atoms with van der Waals surface area (Å²) in [5.41, 5.74) is 1.89. The van der Waals surface area contributed by atoms with Gasteiger partial charge in [0.2, 0.25) is 0 Å². The zero-order chi connectivity index (χ0) is 14.7. The maximum atomic E-state index is 12.5. The number of rotatable bonds is 2. The average Bonchev–Trinajstić information content (AvgIpc) is 2.56. The van der Waals surface area contributed by atoms with E-state index in [2.05, 4.69) is 45.2 Å². The second-order valence-corrected chi connectivity index (χ2v) is 6.17. The van der Waals surface area contributed by atoms with Crippen molar-refractivity contribution in [1.82, 2.24) is 9.88 Å². The Hall–Kier alpha value is -1.68. The van der Waals surface area contributed by atoms with E-state index in [1.165, 1.54) is 5.56 Å². The van der Waals surface area contributed by atoms with Gasteiger partial charge in [-0.25, -0.2) is 4.98 Å². The highest BCUT2D eigenvalue weighted by molar-refractivity contribution is 9.10. The first-order valence-corrected chi connectivity index (χ1v) is 8.00. The molecular formula is C17H17BrN2O. The monoisotopic (exact) mass is 344 g/mol.